The van der Waals surface area contributed by atoms with Crippen LogP contribution in [0.5, 0.6) is 0 Å². The topological polar surface area (TPSA) is 218 Å². The van der Waals surface area contributed by atoms with Crippen molar-refractivity contribution in [1.29, 1.82) is 0 Å². The van der Waals surface area contributed by atoms with Crippen molar-refractivity contribution in [3.63, 3.8) is 0 Å². The molecule has 54 heavy (non-hydrogen) atoms. The van der Waals surface area contributed by atoms with Gasteiger partial charge in [0.05, 0.1) is 47.8 Å². The van der Waals surface area contributed by atoms with Crippen LogP contribution in [0.4, 0.5) is 16.2 Å². The molecule has 3 heterocycles. The van der Waals surface area contributed by atoms with Gasteiger partial charge < -0.3 is 34.4 Å². The SMILES string of the molecule is CC(=O)c1ccc(CC(=O)O[C@H]2CC(=O)N(C)c3cc(cc(CO)c3Cl)C/C(C)=C/C=C/[C@@H](CO)[C@@]3(O)C[C@H](OC(=O)N3)[C@@H](C)[C@@H]3O[C@@]23C)c([N+](=O)[O-])c1. The summed E-state index contributed by atoms with van der Waals surface area (Å²) in [6, 6.07) is 7.16. The number of carbonyl (C=O) groups is 4. The number of epoxide rings is 1. The second-order valence-corrected chi connectivity index (χ2v) is 14.7. The minimum absolute atomic E-state index is 0.0146. The van der Waals surface area contributed by atoms with Crippen molar-refractivity contribution in [3.05, 3.63) is 91.5 Å². The Labute approximate surface area is 316 Å². The Hall–Kier alpha value is -4.67. The molecule has 0 aliphatic carbocycles. The van der Waals surface area contributed by atoms with Gasteiger partial charge in [-0.25, -0.2) is 4.79 Å². The summed E-state index contributed by atoms with van der Waals surface area (Å²) < 4.78 is 17.7. The van der Waals surface area contributed by atoms with E-state index in [-0.39, 0.29) is 28.3 Å². The second kappa shape index (κ2) is 16.0. The van der Waals surface area contributed by atoms with E-state index in [1.54, 1.807) is 44.2 Å². The van der Waals surface area contributed by atoms with Crippen LogP contribution in [0, 0.1) is 22.0 Å². The molecule has 2 fully saturated rings. The van der Waals surface area contributed by atoms with E-state index in [0.717, 1.165) is 11.6 Å². The van der Waals surface area contributed by atoms with E-state index < -0.39 is 102 Å². The Balaban J connectivity index is 1.55. The number of carbonyl (C=O) groups excluding carboxylic acids is 4. The zero-order valence-corrected chi connectivity index (χ0v) is 31.3. The van der Waals surface area contributed by atoms with Crippen LogP contribution in [0.1, 0.15) is 67.6 Å². The van der Waals surface area contributed by atoms with E-state index in [4.69, 9.17) is 25.8 Å². The van der Waals surface area contributed by atoms with Crippen molar-refractivity contribution >= 4 is 46.7 Å². The van der Waals surface area contributed by atoms with Crippen LogP contribution in [-0.4, -0.2) is 87.3 Å². The summed E-state index contributed by atoms with van der Waals surface area (Å²) in [6.07, 6.45) is 0.326. The summed E-state index contributed by atoms with van der Waals surface area (Å²) in [7, 11) is 1.49. The number of nitro groups is 1. The average molecular weight is 770 g/mol. The largest absolute Gasteiger partial charge is 0.458 e. The highest BCUT2D eigenvalue weighted by Crippen LogP contribution is 2.49. The molecule has 16 heteroatoms. The number of ether oxygens (including phenoxy) is 3. The lowest BCUT2D eigenvalue weighted by atomic mass is 9.81. The maximum atomic E-state index is 14.1. The average Bonchev–Trinajstić information content (AvgIpc) is 3.81. The molecule has 4 bridgehead atoms. The number of Topliss-reactive ketones (excluding diaryl/α,β-unsaturated/α-hetero) is 1. The first-order valence-corrected chi connectivity index (χ1v) is 17.8. The van der Waals surface area contributed by atoms with Gasteiger partial charge in [0.15, 0.2) is 11.5 Å². The number of allylic oxidation sites excluding steroid dienone is 3. The lowest BCUT2D eigenvalue weighted by Gasteiger charge is -2.42. The number of amides is 2. The van der Waals surface area contributed by atoms with Crippen molar-refractivity contribution in [2.75, 3.05) is 18.6 Å². The van der Waals surface area contributed by atoms with E-state index >= 15 is 0 Å². The Bertz CT molecular complexity index is 1920. The fourth-order valence-electron chi connectivity index (χ4n) is 7.15. The number of nitro benzene ring substituents is 1. The molecule has 4 N–H and O–H groups in total. The van der Waals surface area contributed by atoms with Crippen LogP contribution in [0.2, 0.25) is 5.02 Å². The molecule has 2 amide bonds. The number of aliphatic hydroxyl groups excluding tert-OH is 2. The molecule has 290 valence electrons. The van der Waals surface area contributed by atoms with E-state index in [1.807, 2.05) is 6.92 Å². The number of fused-ring (bicyclic) bond motifs is 5. The molecule has 0 saturated carbocycles. The summed E-state index contributed by atoms with van der Waals surface area (Å²) in [6.45, 7) is 5.51. The molecule has 2 aromatic rings. The first-order valence-electron chi connectivity index (χ1n) is 17.4. The molecule has 5 rings (SSSR count). The van der Waals surface area contributed by atoms with Crippen LogP contribution in [0.3, 0.4) is 0 Å². The molecule has 0 unspecified atom stereocenters. The van der Waals surface area contributed by atoms with Gasteiger partial charge in [0.2, 0.25) is 5.91 Å². The van der Waals surface area contributed by atoms with Gasteiger partial charge in [0, 0.05) is 42.5 Å². The second-order valence-electron chi connectivity index (χ2n) is 14.4. The highest BCUT2D eigenvalue weighted by molar-refractivity contribution is 6.34. The monoisotopic (exact) mass is 769 g/mol. The third-order valence-corrected chi connectivity index (χ3v) is 10.9. The Morgan fingerprint density at radius 3 is 2.56 bits per heavy atom. The number of anilines is 1. The number of rotatable bonds is 7. The van der Waals surface area contributed by atoms with Crippen LogP contribution in [0.25, 0.3) is 0 Å². The summed E-state index contributed by atoms with van der Waals surface area (Å²) in [5.41, 5.74) is -1.41. The quantitative estimate of drug-likeness (QED) is 0.103. The minimum Gasteiger partial charge on any atom is -0.458 e. The predicted molar refractivity (Wildman–Crippen MR) is 195 cm³/mol. The third-order valence-electron chi connectivity index (χ3n) is 10.4. The van der Waals surface area contributed by atoms with Crippen molar-refractivity contribution in [2.24, 2.45) is 11.8 Å². The number of alkyl carbamates (subject to hydrolysis) is 1. The van der Waals surface area contributed by atoms with Crippen LogP contribution in [0.15, 0.2) is 54.1 Å². The number of nitrogens with zero attached hydrogens (tertiary/aromatic N) is 2. The van der Waals surface area contributed by atoms with E-state index in [9.17, 15) is 44.6 Å². The number of hydrogen-bond donors (Lipinski definition) is 4. The molecule has 3 aliphatic heterocycles. The molecule has 2 aromatic carbocycles. The van der Waals surface area contributed by atoms with Crippen molar-refractivity contribution < 1.29 is 53.6 Å². The van der Waals surface area contributed by atoms with Crippen LogP contribution in [-0.2, 0) is 43.2 Å². The van der Waals surface area contributed by atoms with Crippen LogP contribution >= 0.6 is 11.6 Å². The Morgan fingerprint density at radius 2 is 1.91 bits per heavy atom. The number of esters is 1. The normalized spacial score (nSPS) is 30.2. The fraction of sp³-hybridized carbons (Fsp3) is 0.474. The van der Waals surface area contributed by atoms with E-state index in [1.165, 1.54) is 31.0 Å². The molecule has 7 atom stereocenters. The molecular formula is C38H44ClN3O12. The smallest absolute Gasteiger partial charge is 0.409 e. The first kappa shape index (κ1) is 40.5. The highest BCUT2D eigenvalue weighted by Gasteiger charge is 2.64. The summed E-state index contributed by atoms with van der Waals surface area (Å²) in [5.74, 6) is -3.42. The van der Waals surface area contributed by atoms with E-state index in [2.05, 4.69) is 5.32 Å². The van der Waals surface area contributed by atoms with Gasteiger partial charge in [-0.3, -0.25) is 29.8 Å². The minimum atomic E-state index is -1.91. The number of hydrogen-bond acceptors (Lipinski definition) is 12. The van der Waals surface area contributed by atoms with E-state index in [0.29, 0.717) is 17.5 Å². The van der Waals surface area contributed by atoms with Crippen LogP contribution < -0.4 is 10.2 Å². The third kappa shape index (κ3) is 8.50. The van der Waals surface area contributed by atoms with Gasteiger partial charge >= 0.3 is 12.1 Å². The Kier molecular flexibility index (Phi) is 12.0. The molecular weight excluding hydrogens is 726 g/mol. The maximum Gasteiger partial charge on any atom is 0.409 e. The Morgan fingerprint density at radius 1 is 1.19 bits per heavy atom. The van der Waals surface area contributed by atoms with Gasteiger partial charge in [-0.1, -0.05) is 60.5 Å². The molecule has 0 radical (unpaired) electrons. The van der Waals surface area contributed by atoms with Gasteiger partial charge in [0.1, 0.15) is 17.8 Å². The van der Waals surface area contributed by atoms with Gasteiger partial charge in [-0.05, 0) is 44.4 Å². The number of aliphatic hydroxyl groups is 3. The molecule has 3 aliphatic rings. The molecule has 0 aromatic heterocycles. The van der Waals surface area contributed by atoms with Gasteiger partial charge in [-0.2, -0.15) is 0 Å². The first-order chi connectivity index (χ1) is 25.4. The number of ketones is 1. The lowest BCUT2D eigenvalue weighted by Crippen LogP contribution is -2.62. The standard InChI is InChI=1S/C38H44ClN3O12/c1-20-7-6-8-27(19-44)38(49)17-30(52-36(48)40-38)21(2)35-37(4,54-35)31(16-32(46)41(5)29-13-23(11-20)12-26(18-43)34(29)39)53-33(47)15-25-10-9-24(22(3)45)14-28(25)42(50)51/h6-10,12-14,21,27,30-31,35,43-44,49H,11,15-19H2,1-5H3,(H,40,48)/b8-6+,20-7+/t21-,27+,30+,31+,35+,37+,38+/m1/s1. The number of benzene rings is 2. The summed E-state index contributed by atoms with van der Waals surface area (Å²) in [4.78, 5) is 64.8. The van der Waals surface area contributed by atoms with Gasteiger partial charge in [-0.15, -0.1) is 0 Å². The van der Waals surface area contributed by atoms with Crippen molar-refractivity contribution in [3.8, 4) is 0 Å². The highest BCUT2D eigenvalue weighted by atomic mass is 35.5. The molecule has 2 saturated heterocycles. The van der Waals surface area contributed by atoms with Crippen molar-refractivity contribution in [2.45, 2.75) is 89.6 Å². The fourth-order valence-corrected chi connectivity index (χ4v) is 7.45. The summed E-state index contributed by atoms with van der Waals surface area (Å²) >= 11 is 6.68. The zero-order valence-electron chi connectivity index (χ0n) is 30.5. The van der Waals surface area contributed by atoms with Crippen molar-refractivity contribution in [1.82, 2.24) is 5.32 Å². The molecule has 15 nitrogen and oxygen atoms in total. The lowest BCUT2D eigenvalue weighted by molar-refractivity contribution is -0.385. The number of nitrogens with one attached hydrogen (secondary N) is 1. The van der Waals surface area contributed by atoms with Gasteiger partial charge in [0.25, 0.3) is 5.69 Å². The molecule has 0 spiro atoms. The summed E-state index contributed by atoms with van der Waals surface area (Å²) in [5, 5.41) is 46.5. The predicted octanol–water partition coefficient (Wildman–Crippen LogP) is 4.10. The maximum absolute atomic E-state index is 14.1. The zero-order chi connectivity index (χ0) is 39.7. The number of halogens is 1.